The molecule has 4 atom stereocenters. The number of likely N-dealkylation sites (tertiary alicyclic amines) is 1. The molecule has 3 rings (SSSR count). The van der Waals surface area contributed by atoms with Crippen LogP contribution in [0.2, 0.25) is 0 Å². The van der Waals surface area contributed by atoms with Crippen LogP contribution in [0.25, 0.3) is 0 Å². The van der Waals surface area contributed by atoms with Gasteiger partial charge in [-0.25, -0.2) is 0 Å². The molecule has 0 aromatic carbocycles. The molecule has 1 aromatic heterocycles. The molecule has 8 nitrogen and oxygen atoms in total. The molecule has 0 N–H and O–H groups in total. The maximum atomic E-state index is 12.6. The number of carbonyl (C=O) groups is 3. The second kappa shape index (κ2) is 8.12. The number of furan rings is 1. The van der Waals surface area contributed by atoms with Gasteiger partial charge in [-0.15, -0.1) is 0 Å². The lowest BCUT2D eigenvalue weighted by Gasteiger charge is -2.36. The number of carbonyl (C=O) groups excluding carboxylic acids is 3. The molecule has 2 amide bonds. The lowest BCUT2D eigenvalue weighted by Crippen LogP contribution is -2.51. The van der Waals surface area contributed by atoms with Crippen LogP contribution < -0.4 is 0 Å². The summed E-state index contributed by atoms with van der Waals surface area (Å²) in [4.78, 5) is 40.4. The summed E-state index contributed by atoms with van der Waals surface area (Å²) >= 11 is 0. The van der Waals surface area contributed by atoms with Gasteiger partial charge in [-0.2, -0.15) is 0 Å². The molecule has 2 aliphatic heterocycles. The van der Waals surface area contributed by atoms with Crippen molar-refractivity contribution in [2.75, 3.05) is 19.6 Å². The monoisotopic (exact) mass is 378 g/mol. The standard InChI is InChI=1S/C19H26N2O6/c1-12-8-21(9-13(2)26-12)18(23)14(3)27-19(24)15-7-17(22)20(10-15)11-16-5-4-6-25-16/h4-6,12-15H,7-11H2,1-3H3. The lowest BCUT2D eigenvalue weighted by molar-refractivity contribution is -0.166. The Bertz CT molecular complexity index is 678. The Morgan fingerprint density at radius 3 is 2.59 bits per heavy atom. The van der Waals surface area contributed by atoms with Crippen LogP contribution in [0.5, 0.6) is 0 Å². The van der Waals surface area contributed by atoms with Crippen molar-refractivity contribution >= 4 is 17.8 Å². The molecular weight excluding hydrogens is 352 g/mol. The van der Waals surface area contributed by atoms with E-state index in [0.717, 1.165) is 0 Å². The fourth-order valence-electron chi connectivity index (χ4n) is 3.61. The van der Waals surface area contributed by atoms with Gasteiger partial charge in [0.05, 0.1) is 30.9 Å². The average Bonchev–Trinajstić information content (AvgIpc) is 3.24. The van der Waals surface area contributed by atoms with Gasteiger partial charge in [0.2, 0.25) is 5.91 Å². The highest BCUT2D eigenvalue weighted by Crippen LogP contribution is 2.22. The van der Waals surface area contributed by atoms with E-state index in [9.17, 15) is 14.4 Å². The Morgan fingerprint density at radius 2 is 1.96 bits per heavy atom. The predicted molar refractivity (Wildman–Crippen MR) is 94.4 cm³/mol. The highest BCUT2D eigenvalue weighted by atomic mass is 16.5. The second-order valence-electron chi connectivity index (χ2n) is 7.33. The van der Waals surface area contributed by atoms with E-state index in [1.807, 2.05) is 13.8 Å². The first-order valence-electron chi connectivity index (χ1n) is 9.28. The number of rotatable bonds is 5. The normalized spacial score (nSPS) is 26.9. The van der Waals surface area contributed by atoms with Crippen LogP contribution in [0.1, 0.15) is 33.0 Å². The van der Waals surface area contributed by atoms with Gasteiger partial charge in [0, 0.05) is 26.1 Å². The maximum absolute atomic E-state index is 12.6. The summed E-state index contributed by atoms with van der Waals surface area (Å²) in [6.45, 7) is 6.93. The topological polar surface area (TPSA) is 89.3 Å². The number of hydrogen-bond donors (Lipinski definition) is 0. The first-order chi connectivity index (χ1) is 12.8. The minimum absolute atomic E-state index is 0.0526. The highest BCUT2D eigenvalue weighted by molar-refractivity contribution is 5.89. The minimum Gasteiger partial charge on any atom is -0.467 e. The Labute approximate surface area is 158 Å². The summed E-state index contributed by atoms with van der Waals surface area (Å²) in [6, 6.07) is 3.53. The number of hydrogen-bond acceptors (Lipinski definition) is 6. The molecule has 27 heavy (non-hydrogen) atoms. The number of ether oxygens (including phenoxy) is 2. The lowest BCUT2D eigenvalue weighted by atomic mass is 10.1. The molecule has 0 aliphatic carbocycles. The van der Waals surface area contributed by atoms with Crippen molar-refractivity contribution in [3.05, 3.63) is 24.2 Å². The molecule has 0 bridgehead atoms. The van der Waals surface area contributed by atoms with Crippen LogP contribution >= 0.6 is 0 Å². The third-order valence-electron chi connectivity index (χ3n) is 4.85. The Kier molecular flexibility index (Phi) is 5.84. The number of morpholine rings is 1. The maximum Gasteiger partial charge on any atom is 0.312 e. The van der Waals surface area contributed by atoms with E-state index in [2.05, 4.69) is 0 Å². The van der Waals surface area contributed by atoms with Crippen LogP contribution in [0.3, 0.4) is 0 Å². The summed E-state index contributed by atoms with van der Waals surface area (Å²) in [5.74, 6) is -0.771. The molecule has 0 saturated carbocycles. The Hall–Kier alpha value is -2.35. The molecule has 0 spiro atoms. The smallest absolute Gasteiger partial charge is 0.312 e. The molecule has 2 fully saturated rings. The molecular formula is C19H26N2O6. The zero-order valence-electron chi connectivity index (χ0n) is 15.9. The largest absolute Gasteiger partial charge is 0.467 e. The number of amides is 2. The minimum atomic E-state index is -0.885. The summed E-state index contributed by atoms with van der Waals surface area (Å²) < 4.78 is 16.3. The number of nitrogens with zero attached hydrogens (tertiary/aromatic N) is 2. The van der Waals surface area contributed by atoms with Crippen LogP contribution in [0.4, 0.5) is 0 Å². The van der Waals surface area contributed by atoms with Crippen LogP contribution in [0, 0.1) is 5.92 Å². The van der Waals surface area contributed by atoms with Crippen molar-refractivity contribution in [2.45, 2.75) is 52.0 Å². The fraction of sp³-hybridized carbons (Fsp3) is 0.632. The summed E-state index contributed by atoms with van der Waals surface area (Å²) in [6.07, 6.45) is 0.643. The van der Waals surface area contributed by atoms with E-state index >= 15 is 0 Å². The fourth-order valence-corrected chi connectivity index (χ4v) is 3.61. The van der Waals surface area contributed by atoms with E-state index in [0.29, 0.717) is 25.4 Å². The summed E-state index contributed by atoms with van der Waals surface area (Å²) in [5.41, 5.74) is 0. The van der Waals surface area contributed by atoms with Gasteiger partial charge >= 0.3 is 5.97 Å². The van der Waals surface area contributed by atoms with E-state index in [1.165, 1.54) is 0 Å². The first kappa shape index (κ1) is 19.4. The summed E-state index contributed by atoms with van der Waals surface area (Å²) in [7, 11) is 0. The van der Waals surface area contributed by atoms with E-state index in [-0.39, 0.29) is 37.0 Å². The zero-order chi connectivity index (χ0) is 19.6. The van der Waals surface area contributed by atoms with E-state index in [4.69, 9.17) is 13.9 Å². The molecule has 148 valence electrons. The number of esters is 1. The van der Waals surface area contributed by atoms with Gasteiger partial charge in [0.25, 0.3) is 5.91 Å². The van der Waals surface area contributed by atoms with Crippen molar-refractivity contribution in [3.63, 3.8) is 0 Å². The third-order valence-corrected chi connectivity index (χ3v) is 4.85. The van der Waals surface area contributed by atoms with Crippen LogP contribution in [-0.2, 0) is 30.4 Å². The molecule has 0 radical (unpaired) electrons. The van der Waals surface area contributed by atoms with Crippen molar-refractivity contribution in [2.24, 2.45) is 5.92 Å². The predicted octanol–water partition coefficient (Wildman–Crippen LogP) is 1.20. The van der Waals surface area contributed by atoms with Crippen molar-refractivity contribution < 1.29 is 28.3 Å². The van der Waals surface area contributed by atoms with Gasteiger partial charge in [-0.3, -0.25) is 14.4 Å². The van der Waals surface area contributed by atoms with Gasteiger partial charge < -0.3 is 23.7 Å². The molecule has 8 heteroatoms. The van der Waals surface area contributed by atoms with E-state index in [1.54, 1.807) is 35.1 Å². The quantitative estimate of drug-likeness (QED) is 0.715. The molecule has 2 saturated heterocycles. The Morgan fingerprint density at radius 1 is 1.26 bits per heavy atom. The Balaban J connectivity index is 1.52. The van der Waals surface area contributed by atoms with Gasteiger partial charge in [-0.1, -0.05) is 0 Å². The second-order valence-corrected chi connectivity index (χ2v) is 7.33. The average molecular weight is 378 g/mol. The molecule has 2 aliphatic rings. The third kappa shape index (κ3) is 4.68. The van der Waals surface area contributed by atoms with Crippen molar-refractivity contribution in [3.8, 4) is 0 Å². The SMILES string of the molecule is CC1CN(C(=O)C(C)OC(=O)C2CC(=O)N(Cc3ccco3)C2)CC(C)O1. The molecule has 3 heterocycles. The first-order valence-corrected chi connectivity index (χ1v) is 9.28. The molecule has 4 unspecified atom stereocenters. The summed E-state index contributed by atoms with van der Waals surface area (Å²) in [5, 5.41) is 0. The molecule has 1 aromatic rings. The van der Waals surface area contributed by atoms with Crippen LogP contribution in [-0.4, -0.2) is 65.5 Å². The van der Waals surface area contributed by atoms with Gasteiger partial charge in [0.1, 0.15) is 5.76 Å². The van der Waals surface area contributed by atoms with Crippen LogP contribution in [0.15, 0.2) is 22.8 Å². The highest BCUT2D eigenvalue weighted by Gasteiger charge is 2.38. The van der Waals surface area contributed by atoms with Gasteiger partial charge in [-0.05, 0) is 32.9 Å². The van der Waals surface area contributed by atoms with E-state index < -0.39 is 18.0 Å². The van der Waals surface area contributed by atoms with Crippen molar-refractivity contribution in [1.29, 1.82) is 0 Å². The van der Waals surface area contributed by atoms with Crippen molar-refractivity contribution in [1.82, 2.24) is 9.80 Å². The zero-order valence-corrected chi connectivity index (χ0v) is 15.9. The van der Waals surface area contributed by atoms with Gasteiger partial charge in [0.15, 0.2) is 6.10 Å².